The third-order valence-electron chi connectivity index (χ3n) is 5.42. The fourth-order valence-electron chi connectivity index (χ4n) is 3.88. The number of hydrogen-bond acceptors (Lipinski definition) is 5. The second-order valence-electron chi connectivity index (χ2n) is 7.42. The van der Waals surface area contributed by atoms with Crippen LogP contribution in [0, 0.1) is 0 Å². The van der Waals surface area contributed by atoms with E-state index in [1.165, 1.54) is 24.0 Å². The van der Waals surface area contributed by atoms with Gasteiger partial charge in [0.25, 0.3) is 5.91 Å². The summed E-state index contributed by atoms with van der Waals surface area (Å²) in [4.78, 5) is 16.8. The van der Waals surface area contributed by atoms with Crippen LogP contribution in [0.2, 0.25) is 0 Å². The average Bonchev–Trinajstić information content (AvgIpc) is 3.07. The van der Waals surface area contributed by atoms with Gasteiger partial charge in [-0.05, 0) is 74.9 Å². The lowest BCUT2D eigenvalue weighted by molar-refractivity contribution is -0.118. The molecule has 0 atom stereocenters. The molecule has 0 bridgehead atoms. The van der Waals surface area contributed by atoms with Gasteiger partial charge in [0, 0.05) is 13.0 Å². The van der Waals surface area contributed by atoms with Crippen molar-refractivity contribution in [2.24, 2.45) is 7.05 Å². The van der Waals surface area contributed by atoms with Gasteiger partial charge in [0.2, 0.25) is 5.95 Å². The standard InChI is InChI=1S/C20H27N5O2/c1-25-20(23-19(24-25)15-8-10-21-11-9-15)22-18(26)13-27-17-7-6-14-4-2-3-5-16(14)12-17/h6-7,12,15,21H,2-5,8-11,13H2,1H3,(H,22,23,24,26). The Balaban J connectivity index is 1.33. The van der Waals surface area contributed by atoms with Crippen LogP contribution < -0.4 is 15.4 Å². The number of anilines is 1. The first-order valence-electron chi connectivity index (χ1n) is 9.85. The number of carbonyl (C=O) groups excluding carboxylic acids is 1. The van der Waals surface area contributed by atoms with Gasteiger partial charge in [-0.25, -0.2) is 4.68 Å². The number of aromatic nitrogens is 3. The molecule has 1 aliphatic heterocycles. The topological polar surface area (TPSA) is 81.1 Å². The zero-order valence-corrected chi connectivity index (χ0v) is 15.8. The molecule has 7 heteroatoms. The van der Waals surface area contributed by atoms with Crippen molar-refractivity contribution in [2.45, 2.75) is 44.4 Å². The number of carbonyl (C=O) groups is 1. The highest BCUT2D eigenvalue weighted by atomic mass is 16.5. The number of amides is 1. The molecule has 1 aromatic carbocycles. The molecule has 2 aromatic rings. The molecular formula is C20H27N5O2. The van der Waals surface area contributed by atoms with Gasteiger partial charge < -0.3 is 10.1 Å². The molecule has 27 heavy (non-hydrogen) atoms. The molecule has 1 amide bonds. The van der Waals surface area contributed by atoms with Crippen LogP contribution in [0.5, 0.6) is 5.75 Å². The minimum absolute atomic E-state index is 0.0334. The molecule has 0 spiro atoms. The number of benzene rings is 1. The predicted molar refractivity (Wildman–Crippen MR) is 103 cm³/mol. The predicted octanol–water partition coefficient (Wildman–Crippen LogP) is 2.18. The first-order chi connectivity index (χ1) is 13.2. The highest BCUT2D eigenvalue weighted by Crippen LogP contribution is 2.25. The van der Waals surface area contributed by atoms with E-state index < -0.39 is 0 Å². The van der Waals surface area contributed by atoms with Crippen LogP contribution in [0.1, 0.15) is 48.6 Å². The summed E-state index contributed by atoms with van der Waals surface area (Å²) in [6, 6.07) is 6.14. The molecule has 1 saturated heterocycles. The Kier molecular flexibility index (Phi) is 5.38. The molecule has 1 aromatic heterocycles. The summed E-state index contributed by atoms with van der Waals surface area (Å²) < 4.78 is 7.32. The molecular weight excluding hydrogens is 342 g/mol. The van der Waals surface area contributed by atoms with E-state index >= 15 is 0 Å². The number of nitrogens with one attached hydrogen (secondary N) is 2. The fraction of sp³-hybridized carbons (Fsp3) is 0.550. The van der Waals surface area contributed by atoms with E-state index in [0.29, 0.717) is 11.9 Å². The molecule has 0 unspecified atom stereocenters. The first-order valence-corrected chi connectivity index (χ1v) is 9.85. The Morgan fingerprint density at radius 2 is 2.04 bits per heavy atom. The van der Waals surface area contributed by atoms with E-state index in [1.54, 1.807) is 11.7 Å². The Labute approximate surface area is 159 Å². The van der Waals surface area contributed by atoms with E-state index in [0.717, 1.165) is 50.3 Å². The van der Waals surface area contributed by atoms with Gasteiger partial charge >= 0.3 is 0 Å². The van der Waals surface area contributed by atoms with Crippen molar-refractivity contribution in [3.8, 4) is 5.75 Å². The van der Waals surface area contributed by atoms with Crippen LogP contribution in [0.3, 0.4) is 0 Å². The molecule has 144 valence electrons. The van der Waals surface area contributed by atoms with E-state index in [1.807, 2.05) is 6.07 Å². The fourth-order valence-corrected chi connectivity index (χ4v) is 3.88. The number of piperidine rings is 1. The molecule has 2 heterocycles. The summed E-state index contributed by atoms with van der Waals surface area (Å²) in [7, 11) is 1.80. The van der Waals surface area contributed by atoms with Gasteiger partial charge in [-0.15, -0.1) is 0 Å². The second kappa shape index (κ2) is 8.08. The van der Waals surface area contributed by atoms with Crippen LogP contribution in [0.15, 0.2) is 18.2 Å². The highest BCUT2D eigenvalue weighted by Gasteiger charge is 2.21. The lowest BCUT2D eigenvalue weighted by Crippen LogP contribution is -2.27. The van der Waals surface area contributed by atoms with Gasteiger partial charge in [-0.2, -0.15) is 10.1 Å². The van der Waals surface area contributed by atoms with E-state index in [4.69, 9.17) is 4.74 Å². The first kappa shape index (κ1) is 18.0. The van der Waals surface area contributed by atoms with Gasteiger partial charge in [0.1, 0.15) is 5.75 Å². The van der Waals surface area contributed by atoms with Crippen molar-refractivity contribution in [1.29, 1.82) is 0 Å². The minimum atomic E-state index is -0.222. The molecule has 2 aliphatic rings. The van der Waals surface area contributed by atoms with Crippen molar-refractivity contribution in [1.82, 2.24) is 20.1 Å². The number of fused-ring (bicyclic) bond motifs is 1. The number of nitrogens with zero attached hydrogens (tertiary/aromatic N) is 3. The lowest BCUT2D eigenvalue weighted by Gasteiger charge is -2.19. The minimum Gasteiger partial charge on any atom is -0.484 e. The molecule has 4 rings (SSSR count). The van der Waals surface area contributed by atoms with Gasteiger partial charge in [-0.3, -0.25) is 10.1 Å². The molecule has 0 saturated carbocycles. The normalized spacial score (nSPS) is 17.4. The lowest BCUT2D eigenvalue weighted by atomic mass is 9.92. The van der Waals surface area contributed by atoms with Crippen LogP contribution in [-0.2, 0) is 24.7 Å². The van der Waals surface area contributed by atoms with Crippen LogP contribution in [0.4, 0.5) is 5.95 Å². The van der Waals surface area contributed by atoms with Crippen molar-refractivity contribution in [3.63, 3.8) is 0 Å². The zero-order valence-electron chi connectivity index (χ0n) is 15.8. The van der Waals surface area contributed by atoms with Crippen molar-refractivity contribution in [3.05, 3.63) is 35.2 Å². The number of ether oxygens (including phenoxy) is 1. The molecule has 0 radical (unpaired) electrons. The summed E-state index contributed by atoms with van der Waals surface area (Å²) >= 11 is 0. The van der Waals surface area contributed by atoms with Gasteiger partial charge in [0.15, 0.2) is 12.4 Å². The van der Waals surface area contributed by atoms with E-state index in [2.05, 4.69) is 32.8 Å². The number of rotatable bonds is 5. The SMILES string of the molecule is Cn1nc(C2CCNCC2)nc1NC(=O)COc1ccc2c(c1)CCCC2. The summed E-state index contributed by atoms with van der Waals surface area (Å²) in [6.07, 6.45) is 6.77. The van der Waals surface area contributed by atoms with Gasteiger partial charge in [-0.1, -0.05) is 6.07 Å². The summed E-state index contributed by atoms with van der Waals surface area (Å²) in [5, 5.41) is 10.6. The Hall–Kier alpha value is -2.41. The third kappa shape index (κ3) is 4.30. The second-order valence-corrected chi connectivity index (χ2v) is 7.42. The summed E-state index contributed by atoms with van der Waals surface area (Å²) in [6.45, 7) is 1.94. The number of hydrogen-bond donors (Lipinski definition) is 2. The molecule has 7 nitrogen and oxygen atoms in total. The Morgan fingerprint density at radius 3 is 2.85 bits per heavy atom. The quantitative estimate of drug-likeness (QED) is 0.844. The van der Waals surface area contributed by atoms with Gasteiger partial charge in [0.05, 0.1) is 0 Å². The van der Waals surface area contributed by atoms with Crippen LogP contribution in [0.25, 0.3) is 0 Å². The Bertz CT molecular complexity index is 811. The van der Waals surface area contributed by atoms with Crippen LogP contribution in [-0.4, -0.2) is 40.4 Å². The summed E-state index contributed by atoms with van der Waals surface area (Å²) in [5.74, 6) is 2.17. The Morgan fingerprint density at radius 1 is 1.26 bits per heavy atom. The monoisotopic (exact) mass is 369 g/mol. The zero-order chi connectivity index (χ0) is 18.6. The highest BCUT2D eigenvalue weighted by molar-refractivity contribution is 5.90. The maximum Gasteiger partial charge on any atom is 0.264 e. The maximum absolute atomic E-state index is 12.3. The van der Waals surface area contributed by atoms with Crippen LogP contribution >= 0.6 is 0 Å². The summed E-state index contributed by atoms with van der Waals surface area (Å²) in [5.41, 5.74) is 2.75. The molecule has 2 N–H and O–H groups in total. The van der Waals surface area contributed by atoms with Crippen molar-refractivity contribution < 1.29 is 9.53 Å². The van der Waals surface area contributed by atoms with E-state index in [-0.39, 0.29) is 12.5 Å². The third-order valence-corrected chi connectivity index (χ3v) is 5.42. The molecule has 1 fully saturated rings. The smallest absolute Gasteiger partial charge is 0.264 e. The number of aryl methyl sites for hydroxylation is 3. The average molecular weight is 369 g/mol. The molecule has 1 aliphatic carbocycles. The maximum atomic E-state index is 12.3. The van der Waals surface area contributed by atoms with Crippen molar-refractivity contribution in [2.75, 3.05) is 25.0 Å². The largest absolute Gasteiger partial charge is 0.484 e. The van der Waals surface area contributed by atoms with E-state index in [9.17, 15) is 4.79 Å². The van der Waals surface area contributed by atoms with Crippen molar-refractivity contribution >= 4 is 11.9 Å².